The first-order chi connectivity index (χ1) is 10.2. The Hall–Kier alpha value is -1.09. The Labute approximate surface area is 129 Å². The predicted molar refractivity (Wildman–Crippen MR) is 86.0 cm³/mol. The van der Waals surface area contributed by atoms with Gasteiger partial charge in [0.15, 0.2) is 0 Å². The molecular weight excluding hydrogens is 264 g/mol. The van der Waals surface area contributed by atoms with Crippen molar-refractivity contribution in [3.05, 3.63) is 23.8 Å². The summed E-state index contributed by atoms with van der Waals surface area (Å²) in [5, 5.41) is 9.77. The third-order valence-corrected chi connectivity index (χ3v) is 3.88. The van der Waals surface area contributed by atoms with Crippen molar-refractivity contribution in [2.45, 2.75) is 83.8 Å². The number of rotatable bonds is 10. The minimum Gasteiger partial charge on any atom is -0.456 e. The molecule has 120 valence electrons. The van der Waals surface area contributed by atoms with E-state index in [9.17, 15) is 9.90 Å². The monoisotopic (exact) mass is 294 g/mol. The van der Waals surface area contributed by atoms with Crippen LogP contribution in [0.2, 0.25) is 0 Å². The molecule has 0 unspecified atom stereocenters. The summed E-state index contributed by atoms with van der Waals surface area (Å²) in [6.07, 6.45) is 15.8. The molecule has 21 heavy (non-hydrogen) atoms. The molecule has 1 fully saturated rings. The van der Waals surface area contributed by atoms with Gasteiger partial charge in [-0.2, -0.15) is 0 Å². The lowest BCUT2D eigenvalue weighted by Crippen LogP contribution is -2.17. The number of aliphatic hydroxyl groups excluding tert-OH is 1. The quantitative estimate of drug-likeness (QED) is 0.283. The molecule has 0 radical (unpaired) electrons. The first kappa shape index (κ1) is 18.0. The van der Waals surface area contributed by atoms with Crippen LogP contribution in [0, 0.1) is 0 Å². The van der Waals surface area contributed by atoms with Gasteiger partial charge in [-0.05, 0) is 39.0 Å². The Bertz CT molecular complexity index is 357. The van der Waals surface area contributed by atoms with Crippen molar-refractivity contribution in [3.8, 4) is 0 Å². The van der Waals surface area contributed by atoms with E-state index in [1.807, 2.05) is 6.08 Å². The first-order valence-electron chi connectivity index (χ1n) is 8.41. The van der Waals surface area contributed by atoms with Gasteiger partial charge in [0.05, 0.1) is 5.57 Å². The van der Waals surface area contributed by atoms with E-state index in [0.717, 1.165) is 19.3 Å². The van der Waals surface area contributed by atoms with Gasteiger partial charge in [0.25, 0.3) is 0 Å². The molecule has 3 heteroatoms. The first-order valence-corrected chi connectivity index (χ1v) is 8.41. The lowest BCUT2D eigenvalue weighted by atomic mass is 10.0. The molecule has 0 aromatic heterocycles. The summed E-state index contributed by atoms with van der Waals surface area (Å²) in [4.78, 5) is 11.5. The SMILES string of the molecule is CC/C=C/CCCCCCCCC=C1C(=O)O[C@@H](C)[C@H]1O. The Kier molecular flexibility index (Phi) is 9.07. The number of unbranched alkanes of at least 4 members (excludes halogenated alkanes) is 7. The minimum absolute atomic E-state index is 0.352. The number of aliphatic hydroxyl groups is 1. The highest BCUT2D eigenvalue weighted by molar-refractivity contribution is 5.92. The van der Waals surface area contributed by atoms with E-state index in [2.05, 4.69) is 19.1 Å². The zero-order valence-electron chi connectivity index (χ0n) is 13.5. The number of hydrogen-bond acceptors (Lipinski definition) is 3. The van der Waals surface area contributed by atoms with Crippen molar-refractivity contribution in [2.75, 3.05) is 0 Å². The van der Waals surface area contributed by atoms with Crippen molar-refractivity contribution in [1.29, 1.82) is 0 Å². The molecule has 0 aromatic rings. The van der Waals surface area contributed by atoms with Gasteiger partial charge in [0.2, 0.25) is 0 Å². The van der Waals surface area contributed by atoms with Crippen LogP contribution < -0.4 is 0 Å². The average Bonchev–Trinajstić information content (AvgIpc) is 2.70. The highest BCUT2D eigenvalue weighted by Gasteiger charge is 2.34. The third-order valence-electron chi connectivity index (χ3n) is 3.88. The summed E-state index contributed by atoms with van der Waals surface area (Å²) in [6.45, 7) is 3.88. The van der Waals surface area contributed by atoms with Crippen molar-refractivity contribution in [3.63, 3.8) is 0 Å². The van der Waals surface area contributed by atoms with E-state index in [-0.39, 0.29) is 5.97 Å². The smallest absolute Gasteiger partial charge is 0.336 e. The minimum atomic E-state index is -0.742. The second-order valence-corrected chi connectivity index (χ2v) is 5.79. The molecule has 2 atom stereocenters. The van der Waals surface area contributed by atoms with Gasteiger partial charge in [-0.3, -0.25) is 0 Å². The molecule has 1 heterocycles. The van der Waals surface area contributed by atoms with E-state index >= 15 is 0 Å². The van der Waals surface area contributed by atoms with E-state index < -0.39 is 12.2 Å². The van der Waals surface area contributed by atoms with E-state index in [4.69, 9.17) is 4.74 Å². The van der Waals surface area contributed by atoms with E-state index in [1.54, 1.807) is 6.92 Å². The number of carbonyl (C=O) groups is 1. The molecule has 0 spiro atoms. The molecule has 1 saturated heterocycles. The lowest BCUT2D eigenvalue weighted by Gasteiger charge is -2.04. The number of ether oxygens (including phenoxy) is 1. The van der Waals surface area contributed by atoms with Crippen LogP contribution in [0.1, 0.15) is 71.6 Å². The number of esters is 1. The van der Waals surface area contributed by atoms with Crippen LogP contribution in [0.15, 0.2) is 23.8 Å². The average molecular weight is 294 g/mol. The zero-order chi connectivity index (χ0) is 15.5. The molecule has 1 aliphatic heterocycles. The molecule has 0 saturated carbocycles. The number of cyclic esters (lactones) is 1. The standard InChI is InChI=1S/C18H30O3/c1-3-4-5-6-7-8-9-10-11-12-13-14-16-17(19)15(2)21-18(16)20/h4-5,14-15,17,19H,3,6-13H2,1-2H3/b5-4+,16-14?/t15-,17+/m0/s1. The normalized spacial score (nSPS) is 24.1. The van der Waals surface area contributed by atoms with Crippen LogP contribution >= 0.6 is 0 Å². The molecule has 1 aliphatic rings. The predicted octanol–water partition coefficient (Wildman–Crippen LogP) is 4.31. The van der Waals surface area contributed by atoms with Gasteiger partial charge < -0.3 is 9.84 Å². The van der Waals surface area contributed by atoms with Crippen LogP contribution in [-0.4, -0.2) is 23.3 Å². The lowest BCUT2D eigenvalue weighted by molar-refractivity contribution is -0.138. The topological polar surface area (TPSA) is 46.5 Å². The maximum absolute atomic E-state index is 11.5. The molecule has 0 amide bonds. The molecule has 3 nitrogen and oxygen atoms in total. The van der Waals surface area contributed by atoms with Crippen LogP contribution in [0.3, 0.4) is 0 Å². The highest BCUT2D eigenvalue weighted by atomic mass is 16.6. The summed E-state index contributed by atoms with van der Waals surface area (Å²) in [7, 11) is 0. The van der Waals surface area contributed by atoms with Gasteiger partial charge in [-0.1, -0.05) is 50.8 Å². The highest BCUT2D eigenvalue weighted by Crippen LogP contribution is 2.22. The Morgan fingerprint density at radius 2 is 1.67 bits per heavy atom. The fourth-order valence-electron chi connectivity index (χ4n) is 2.53. The molecule has 0 bridgehead atoms. The maximum atomic E-state index is 11.5. The van der Waals surface area contributed by atoms with Gasteiger partial charge in [-0.25, -0.2) is 4.79 Å². The van der Waals surface area contributed by atoms with Crippen molar-refractivity contribution < 1.29 is 14.6 Å². The fourth-order valence-corrected chi connectivity index (χ4v) is 2.53. The van der Waals surface area contributed by atoms with E-state index in [0.29, 0.717) is 5.57 Å². The van der Waals surface area contributed by atoms with Gasteiger partial charge in [-0.15, -0.1) is 0 Å². The summed E-state index contributed by atoms with van der Waals surface area (Å²) >= 11 is 0. The summed E-state index contributed by atoms with van der Waals surface area (Å²) in [5.74, 6) is -0.352. The van der Waals surface area contributed by atoms with Crippen molar-refractivity contribution >= 4 is 5.97 Å². The zero-order valence-corrected chi connectivity index (χ0v) is 13.5. The molecule has 1 N–H and O–H groups in total. The molecule has 0 aromatic carbocycles. The maximum Gasteiger partial charge on any atom is 0.336 e. The van der Waals surface area contributed by atoms with Gasteiger partial charge in [0.1, 0.15) is 12.2 Å². The Morgan fingerprint density at radius 3 is 2.24 bits per heavy atom. The Balaban J connectivity index is 2.00. The van der Waals surface area contributed by atoms with Crippen LogP contribution in [0.5, 0.6) is 0 Å². The number of allylic oxidation sites excluding steroid dienone is 3. The second-order valence-electron chi connectivity index (χ2n) is 5.79. The van der Waals surface area contributed by atoms with Gasteiger partial charge >= 0.3 is 5.97 Å². The molecular formula is C18H30O3. The summed E-state index contributed by atoms with van der Waals surface area (Å²) < 4.78 is 4.97. The number of carbonyl (C=O) groups excluding carboxylic acids is 1. The van der Waals surface area contributed by atoms with Gasteiger partial charge in [0, 0.05) is 0 Å². The van der Waals surface area contributed by atoms with Crippen LogP contribution in [-0.2, 0) is 9.53 Å². The van der Waals surface area contributed by atoms with Crippen molar-refractivity contribution in [2.24, 2.45) is 0 Å². The largest absolute Gasteiger partial charge is 0.456 e. The summed E-state index contributed by atoms with van der Waals surface area (Å²) in [5.41, 5.74) is 0.449. The van der Waals surface area contributed by atoms with Crippen LogP contribution in [0.4, 0.5) is 0 Å². The Morgan fingerprint density at radius 1 is 1.05 bits per heavy atom. The summed E-state index contributed by atoms with van der Waals surface area (Å²) in [6, 6.07) is 0. The number of hydrogen-bond donors (Lipinski definition) is 1. The molecule has 0 aliphatic carbocycles. The third kappa shape index (κ3) is 6.94. The van der Waals surface area contributed by atoms with Crippen LogP contribution in [0.25, 0.3) is 0 Å². The molecule has 1 rings (SSSR count). The second kappa shape index (κ2) is 10.6. The fraction of sp³-hybridized carbons (Fsp3) is 0.722. The van der Waals surface area contributed by atoms with E-state index in [1.165, 1.54) is 38.5 Å². The van der Waals surface area contributed by atoms with Crippen molar-refractivity contribution in [1.82, 2.24) is 0 Å².